The molecule has 0 unspecified atom stereocenters. The van der Waals surface area contributed by atoms with E-state index in [1.54, 1.807) is 0 Å². The van der Waals surface area contributed by atoms with Crippen LogP contribution in [-0.2, 0) is 12.2 Å². The Morgan fingerprint density at radius 1 is 0.643 bits per heavy atom. The monoisotopic (exact) mass is 576 g/mol. The van der Waals surface area contributed by atoms with Gasteiger partial charge in [0.2, 0.25) is 0 Å². The van der Waals surface area contributed by atoms with Crippen molar-refractivity contribution in [1.82, 2.24) is 0 Å². The lowest BCUT2D eigenvalue weighted by atomic mass is 9.74. The highest BCUT2D eigenvalue weighted by Crippen LogP contribution is 2.62. The molecule has 3 aliphatic rings. The molecule has 0 saturated carbocycles. The van der Waals surface area contributed by atoms with Crippen LogP contribution in [0.4, 0.5) is 0 Å². The van der Waals surface area contributed by atoms with E-state index in [-0.39, 0.29) is 63.2 Å². The molecule has 9 N–H and O–H groups in total. The smallest absolute Gasteiger partial charge is 0.305 e. The summed E-state index contributed by atoms with van der Waals surface area (Å²) in [4.78, 5) is 0. The van der Waals surface area contributed by atoms with Crippen molar-refractivity contribution >= 4 is 0 Å². The normalized spacial score (nSPS) is 25.2. The van der Waals surface area contributed by atoms with E-state index in [1.165, 1.54) is 42.5 Å². The van der Waals surface area contributed by atoms with Crippen LogP contribution in [0.1, 0.15) is 39.8 Å². The summed E-state index contributed by atoms with van der Waals surface area (Å²) in [7, 11) is 0. The summed E-state index contributed by atoms with van der Waals surface area (Å²) in [6, 6.07) is 11.1. The molecule has 4 aromatic rings. The molecule has 3 aliphatic heterocycles. The third-order valence-electron chi connectivity index (χ3n) is 8.03. The minimum absolute atomic E-state index is 0.0177. The van der Waals surface area contributed by atoms with Crippen LogP contribution in [0.5, 0.6) is 57.5 Å². The van der Waals surface area contributed by atoms with E-state index < -0.39 is 53.0 Å². The number of rotatable bonds is 2. The molecule has 216 valence electrons. The van der Waals surface area contributed by atoms with Crippen molar-refractivity contribution in [3.63, 3.8) is 0 Å². The fraction of sp³-hybridized carbons (Fsp3) is 0.200. The Bertz CT molecular complexity index is 1790. The summed E-state index contributed by atoms with van der Waals surface area (Å²) in [5.74, 6) is -6.11. The fourth-order valence-electron chi connectivity index (χ4n) is 6.09. The number of benzene rings is 4. The van der Waals surface area contributed by atoms with Gasteiger partial charge in [-0.2, -0.15) is 0 Å². The SMILES string of the molecule is Oc1cc(O)c2c(c1)O[C@]1(c3ccc(O)c(O)c3)Oc3cc(O)c4c(c3[C@@H]2[C@H]1O)O[C@H](c1ccc(O)c(O)c1)[C@@H](O)C4. The average molecular weight is 577 g/mol. The van der Waals surface area contributed by atoms with Gasteiger partial charge in [0.15, 0.2) is 23.0 Å². The van der Waals surface area contributed by atoms with Crippen LogP contribution < -0.4 is 14.2 Å². The number of fused-ring (bicyclic) bond motifs is 8. The molecule has 0 saturated heterocycles. The molecule has 12 nitrogen and oxygen atoms in total. The fourth-order valence-corrected chi connectivity index (χ4v) is 6.09. The van der Waals surface area contributed by atoms with Crippen molar-refractivity contribution in [3.05, 3.63) is 82.4 Å². The third kappa shape index (κ3) is 3.49. The molecule has 7 rings (SSSR count). The van der Waals surface area contributed by atoms with Gasteiger partial charge in [-0.1, -0.05) is 6.07 Å². The molecular weight excluding hydrogens is 552 g/mol. The minimum Gasteiger partial charge on any atom is -0.508 e. The molecule has 0 aromatic heterocycles. The highest BCUT2D eigenvalue weighted by molar-refractivity contribution is 5.68. The molecule has 0 spiro atoms. The van der Waals surface area contributed by atoms with Crippen molar-refractivity contribution in [2.45, 2.75) is 36.4 Å². The van der Waals surface area contributed by atoms with Crippen LogP contribution in [0, 0.1) is 0 Å². The van der Waals surface area contributed by atoms with Gasteiger partial charge in [-0.3, -0.25) is 0 Å². The van der Waals surface area contributed by atoms with Gasteiger partial charge in [0, 0.05) is 46.9 Å². The average Bonchev–Trinajstić information content (AvgIpc) is 2.92. The van der Waals surface area contributed by atoms with Crippen molar-refractivity contribution < 1.29 is 60.2 Å². The second-order valence-electron chi connectivity index (χ2n) is 10.5. The maximum Gasteiger partial charge on any atom is 0.305 e. The van der Waals surface area contributed by atoms with Gasteiger partial charge < -0.3 is 60.2 Å². The van der Waals surface area contributed by atoms with Gasteiger partial charge in [-0.25, -0.2) is 0 Å². The predicted octanol–water partition coefficient (Wildman–Crippen LogP) is 2.79. The van der Waals surface area contributed by atoms with Crippen LogP contribution in [0.15, 0.2) is 54.6 Å². The van der Waals surface area contributed by atoms with Gasteiger partial charge >= 0.3 is 5.79 Å². The molecule has 0 aliphatic carbocycles. The summed E-state index contributed by atoms with van der Waals surface area (Å²) >= 11 is 0. The van der Waals surface area contributed by atoms with Gasteiger partial charge in [0.05, 0.1) is 12.0 Å². The molecule has 0 radical (unpaired) electrons. The lowest BCUT2D eigenvalue weighted by Gasteiger charge is -2.50. The van der Waals surface area contributed by atoms with Gasteiger partial charge in [-0.15, -0.1) is 0 Å². The molecule has 4 aromatic carbocycles. The summed E-state index contributed by atoms with van der Waals surface area (Å²) in [5.41, 5.74) is 0.842. The summed E-state index contributed by atoms with van der Waals surface area (Å²) in [6.45, 7) is 0. The van der Waals surface area contributed by atoms with Gasteiger partial charge in [0.25, 0.3) is 0 Å². The van der Waals surface area contributed by atoms with Crippen molar-refractivity contribution in [1.29, 1.82) is 0 Å². The predicted molar refractivity (Wildman–Crippen MR) is 141 cm³/mol. The summed E-state index contributed by atoms with van der Waals surface area (Å²) in [5, 5.41) is 95.1. The highest BCUT2D eigenvalue weighted by atomic mass is 16.7. The Labute approximate surface area is 236 Å². The van der Waals surface area contributed by atoms with E-state index in [0.717, 1.165) is 12.1 Å². The van der Waals surface area contributed by atoms with Gasteiger partial charge in [0.1, 0.15) is 46.7 Å². The van der Waals surface area contributed by atoms with Gasteiger partial charge in [-0.05, 0) is 35.9 Å². The number of aliphatic hydroxyl groups excluding tert-OH is 2. The van der Waals surface area contributed by atoms with E-state index in [2.05, 4.69) is 0 Å². The quantitative estimate of drug-likeness (QED) is 0.158. The van der Waals surface area contributed by atoms with Crippen LogP contribution in [0.25, 0.3) is 0 Å². The Balaban J connectivity index is 1.47. The molecule has 0 fully saturated rings. The molecule has 2 bridgehead atoms. The number of hydrogen-bond acceptors (Lipinski definition) is 12. The van der Waals surface area contributed by atoms with E-state index in [9.17, 15) is 46.0 Å². The first-order valence-electron chi connectivity index (χ1n) is 12.9. The van der Waals surface area contributed by atoms with Crippen LogP contribution in [0.3, 0.4) is 0 Å². The highest BCUT2D eigenvalue weighted by Gasteiger charge is 2.60. The lowest BCUT2D eigenvalue weighted by Crippen LogP contribution is -2.57. The number of ether oxygens (including phenoxy) is 3. The number of hydrogen-bond donors (Lipinski definition) is 9. The first kappa shape index (κ1) is 25.7. The van der Waals surface area contributed by atoms with Crippen LogP contribution >= 0.6 is 0 Å². The number of phenolic OH excluding ortho intramolecular Hbond substituents is 7. The Kier molecular flexibility index (Phi) is 5.30. The molecule has 42 heavy (non-hydrogen) atoms. The lowest BCUT2D eigenvalue weighted by molar-refractivity contribution is -0.219. The zero-order valence-electron chi connectivity index (χ0n) is 21.5. The zero-order valence-corrected chi connectivity index (χ0v) is 21.5. The topological polar surface area (TPSA) is 210 Å². The van der Waals surface area contributed by atoms with E-state index in [4.69, 9.17) is 14.2 Å². The second kappa shape index (κ2) is 8.65. The molecule has 0 amide bonds. The van der Waals surface area contributed by atoms with Crippen LogP contribution in [-0.4, -0.2) is 58.2 Å². The third-order valence-corrected chi connectivity index (χ3v) is 8.03. The first-order chi connectivity index (χ1) is 20.0. The first-order valence-corrected chi connectivity index (χ1v) is 12.9. The summed E-state index contributed by atoms with van der Waals surface area (Å²) in [6.07, 6.45) is -4.00. The Morgan fingerprint density at radius 2 is 1.31 bits per heavy atom. The molecule has 12 heteroatoms. The minimum atomic E-state index is -2.09. The Morgan fingerprint density at radius 3 is 2.00 bits per heavy atom. The van der Waals surface area contributed by atoms with E-state index in [0.29, 0.717) is 5.56 Å². The molecule has 5 atom stereocenters. The van der Waals surface area contributed by atoms with E-state index in [1.807, 2.05) is 0 Å². The Hall–Kier alpha value is -5.20. The zero-order chi connectivity index (χ0) is 29.7. The van der Waals surface area contributed by atoms with Crippen molar-refractivity contribution in [3.8, 4) is 57.5 Å². The van der Waals surface area contributed by atoms with Crippen LogP contribution in [0.2, 0.25) is 0 Å². The second-order valence-corrected chi connectivity index (χ2v) is 10.5. The summed E-state index contributed by atoms with van der Waals surface area (Å²) < 4.78 is 18.6. The standard InChI is InChI=1S/C30H24O12/c31-13-7-20(37)24-22(8-13)41-30(12-2-4-16(33)19(36)6-12)29(39)26(24)25-23(42-30)10-17(34)14-9-21(38)27(40-28(14)25)11-1-3-15(32)18(35)5-11/h1-8,10,21,26-27,29,31-39H,9H2/t21-,26+,27+,29+,30+/m0/s1. The maximum absolute atomic E-state index is 11.9. The molecule has 3 heterocycles. The van der Waals surface area contributed by atoms with E-state index >= 15 is 0 Å². The van der Waals surface area contributed by atoms with Crippen molar-refractivity contribution in [2.24, 2.45) is 0 Å². The number of phenols is 7. The molecular formula is C30H24O12. The number of aliphatic hydroxyl groups is 2. The largest absolute Gasteiger partial charge is 0.508 e. The number of aromatic hydroxyl groups is 7. The van der Waals surface area contributed by atoms with Crippen molar-refractivity contribution in [2.75, 3.05) is 0 Å². The maximum atomic E-state index is 11.9.